The minimum Gasteiger partial charge on any atom is -0.493 e. The molecule has 0 aliphatic rings. The summed E-state index contributed by atoms with van der Waals surface area (Å²) >= 11 is 0. The van der Waals surface area contributed by atoms with E-state index in [-0.39, 0.29) is 5.91 Å². The molecule has 2 aromatic carbocycles. The molecule has 154 valence electrons. The molecular weight excluding hydrogens is 370 g/mol. The summed E-state index contributed by atoms with van der Waals surface area (Å²) in [5.74, 6) is -0.528. The molecule has 2 rings (SSSR count). The Bertz CT molecular complexity index is 834. The fourth-order valence-electron chi connectivity index (χ4n) is 2.52. The van der Waals surface area contributed by atoms with E-state index in [9.17, 15) is 14.4 Å². The first-order valence-electron chi connectivity index (χ1n) is 9.77. The number of nitrogens with one attached hydrogen (secondary N) is 3. The molecule has 0 aliphatic carbocycles. The zero-order valence-corrected chi connectivity index (χ0v) is 16.8. The van der Waals surface area contributed by atoms with Crippen LogP contribution in [0.4, 0.5) is 5.69 Å². The van der Waals surface area contributed by atoms with E-state index in [4.69, 9.17) is 4.74 Å². The summed E-state index contributed by atoms with van der Waals surface area (Å²) in [6, 6.07) is 13.3. The highest BCUT2D eigenvalue weighted by molar-refractivity contribution is 6.00. The van der Waals surface area contributed by atoms with Gasteiger partial charge < -0.3 is 10.1 Å². The van der Waals surface area contributed by atoms with E-state index in [0.717, 1.165) is 19.3 Å². The number of rotatable bonds is 9. The summed E-state index contributed by atoms with van der Waals surface area (Å²) in [4.78, 5) is 36.3. The summed E-state index contributed by atoms with van der Waals surface area (Å²) in [5, 5.41) is 2.75. The Morgan fingerprint density at radius 2 is 1.55 bits per heavy atom. The maximum atomic E-state index is 12.4. The van der Waals surface area contributed by atoms with Crippen molar-refractivity contribution in [2.75, 3.05) is 11.9 Å². The molecule has 0 heterocycles. The van der Waals surface area contributed by atoms with Gasteiger partial charge >= 0.3 is 0 Å². The zero-order chi connectivity index (χ0) is 21.1. The van der Waals surface area contributed by atoms with Crippen LogP contribution in [-0.2, 0) is 4.79 Å². The predicted octanol–water partition coefficient (Wildman–Crippen LogP) is 3.68. The first-order valence-corrected chi connectivity index (χ1v) is 9.77. The van der Waals surface area contributed by atoms with Crippen molar-refractivity contribution in [3.63, 3.8) is 0 Å². The summed E-state index contributed by atoms with van der Waals surface area (Å²) in [7, 11) is 0. The highest BCUT2D eigenvalue weighted by atomic mass is 16.5. The standard InChI is InChI=1S/C22H27N3O4/c1-3-5-15-29-19-10-7-6-9-18(19)22(28)25-24-21(27)16-11-13-17(14-12-16)23-20(26)8-4-2/h6-7,9-14H,3-5,8,15H2,1-2H3,(H,23,26)(H,24,27)(H,25,28). The van der Waals surface area contributed by atoms with Gasteiger partial charge in [0.05, 0.1) is 12.2 Å². The number of benzene rings is 2. The van der Waals surface area contributed by atoms with E-state index in [0.29, 0.717) is 35.6 Å². The average molecular weight is 397 g/mol. The summed E-state index contributed by atoms with van der Waals surface area (Å²) in [6.07, 6.45) is 3.09. The number of carbonyl (C=O) groups excluding carboxylic acids is 3. The van der Waals surface area contributed by atoms with Crippen LogP contribution in [0.5, 0.6) is 5.75 Å². The highest BCUT2D eigenvalue weighted by Gasteiger charge is 2.14. The van der Waals surface area contributed by atoms with E-state index in [2.05, 4.69) is 23.1 Å². The van der Waals surface area contributed by atoms with Gasteiger partial charge in [-0.15, -0.1) is 0 Å². The third-order valence-electron chi connectivity index (χ3n) is 4.08. The van der Waals surface area contributed by atoms with E-state index in [1.54, 1.807) is 48.5 Å². The van der Waals surface area contributed by atoms with Gasteiger partial charge in [-0.1, -0.05) is 32.4 Å². The molecule has 2 aromatic rings. The second kappa shape index (κ2) is 11.5. The Labute approximate surface area is 170 Å². The van der Waals surface area contributed by atoms with Crippen LogP contribution in [-0.4, -0.2) is 24.3 Å². The Balaban J connectivity index is 1.92. The van der Waals surface area contributed by atoms with Gasteiger partial charge in [0.25, 0.3) is 11.8 Å². The lowest BCUT2D eigenvalue weighted by atomic mass is 10.2. The molecule has 0 saturated carbocycles. The summed E-state index contributed by atoms with van der Waals surface area (Å²) in [6.45, 7) is 4.51. The zero-order valence-electron chi connectivity index (χ0n) is 16.8. The van der Waals surface area contributed by atoms with Crippen molar-refractivity contribution in [2.45, 2.75) is 39.5 Å². The quantitative estimate of drug-likeness (QED) is 0.444. The lowest BCUT2D eigenvalue weighted by Gasteiger charge is -2.12. The molecule has 3 N–H and O–H groups in total. The van der Waals surface area contributed by atoms with Gasteiger partial charge in [-0.25, -0.2) is 0 Å². The maximum Gasteiger partial charge on any atom is 0.273 e. The first-order chi connectivity index (χ1) is 14.0. The molecule has 0 atom stereocenters. The molecule has 7 nitrogen and oxygen atoms in total. The summed E-state index contributed by atoms with van der Waals surface area (Å²) in [5.41, 5.74) is 6.11. The smallest absolute Gasteiger partial charge is 0.273 e. The van der Waals surface area contributed by atoms with Crippen LogP contribution in [0.15, 0.2) is 48.5 Å². The molecule has 3 amide bonds. The van der Waals surface area contributed by atoms with Crippen LogP contribution in [0.25, 0.3) is 0 Å². The highest BCUT2D eigenvalue weighted by Crippen LogP contribution is 2.18. The minimum atomic E-state index is -0.464. The van der Waals surface area contributed by atoms with E-state index >= 15 is 0 Å². The largest absolute Gasteiger partial charge is 0.493 e. The second-order valence-corrected chi connectivity index (χ2v) is 6.48. The Kier molecular flexibility index (Phi) is 8.69. The van der Waals surface area contributed by atoms with Crippen molar-refractivity contribution in [3.8, 4) is 5.75 Å². The number of anilines is 1. The molecule has 0 aliphatic heterocycles. The number of carbonyl (C=O) groups is 3. The Morgan fingerprint density at radius 1 is 0.862 bits per heavy atom. The fourth-order valence-corrected chi connectivity index (χ4v) is 2.52. The third-order valence-corrected chi connectivity index (χ3v) is 4.08. The van der Waals surface area contributed by atoms with Gasteiger partial charge in [0.1, 0.15) is 5.75 Å². The molecule has 0 unspecified atom stereocenters. The van der Waals surface area contributed by atoms with Crippen LogP contribution >= 0.6 is 0 Å². The summed E-state index contributed by atoms with van der Waals surface area (Å²) < 4.78 is 5.64. The van der Waals surface area contributed by atoms with E-state index < -0.39 is 11.8 Å². The molecule has 0 saturated heterocycles. The van der Waals surface area contributed by atoms with Crippen molar-refractivity contribution in [1.82, 2.24) is 10.9 Å². The molecule has 7 heteroatoms. The van der Waals surface area contributed by atoms with Crippen molar-refractivity contribution in [3.05, 3.63) is 59.7 Å². The number of unbranched alkanes of at least 4 members (excludes halogenated alkanes) is 1. The maximum absolute atomic E-state index is 12.4. The lowest BCUT2D eigenvalue weighted by Crippen LogP contribution is -2.41. The monoisotopic (exact) mass is 397 g/mol. The van der Waals surface area contributed by atoms with Crippen molar-refractivity contribution < 1.29 is 19.1 Å². The third kappa shape index (κ3) is 6.95. The number of ether oxygens (including phenoxy) is 1. The van der Waals surface area contributed by atoms with E-state index in [1.807, 2.05) is 6.92 Å². The van der Waals surface area contributed by atoms with Gasteiger partial charge in [0.15, 0.2) is 0 Å². The number of amides is 3. The molecular formula is C22H27N3O4. The number of para-hydroxylation sites is 1. The lowest BCUT2D eigenvalue weighted by molar-refractivity contribution is -0.116. The first kappa shape index (κ1) is 21.9. The van der Waals surface area contributed by atoms with Gasteiger partial charge in [0.2, 0.25) is 5.91 Å². The predicted molar refractivity (Wildman–Crippen MR) is 112 cm³/mol. The van der Waals surface area contributed by atoms with Crippen LogP contribution in [0, 0.1) is 0 Å². The van der Waals surface area contributed by atoms with E-state index in [1.165, 1.54) is 0 Å². The van der Waals surface area contributed by atoms with Gasteiger partial charge in [-0.3, -0.25) is 25.2 Å². The normalized spacial score (nSPS) is 10.1. The number of hydrogen-bond donors (Lipinski definition) is 3. The van der Waals surface area contributed by atoms with Crippen molar-refractivity contribution in [2.24, 2.45) is 0 Å². The average Bonchev–Trinajstić information content (AvgIpc) is 2.73. The van der Waals surface area contributed by atoms with Crippen molar-refractivity contribution in [1.29, 1.82) is 0 Å². The molecule has 0 fully saturated rings. The van der Waals surface area contributed by atoms with Crippen LogP contribution in [0.1, 0.15) is 60.2 Å². The molecule has 29 heavy (non-hydrogen) atoms. The van der Waals surface area contributed by atoms with Crippen LogP contribution in [0.2, 0.25) is 0 Å². The van der Waals surface area contributed by atoms with Crippen LogP contribution < -0.4 is 20.9 Å². The molecule has 0 spiro atoms. The molecule has 0 bridgehead atoms. The SMILES string of the molecule is CCCCOc1ccccc1C(=O)NNC(=O)c1ccc(NC(=O)CCC)cc1. The van der Waals surface area contributed by atoms with Gasteiger partial charge in [-0.05, 0) is 49.2 Å². The molecule has 0 aromatic heterocycles. The minimum absolute atomic E-state index is 0.0724. The topological polar surface area (TPSA) is 96.5 Å². The second-order valence-electron chi connectivity index (χ2n) is 6.48. The Morgan fingerprint density at radius 3 is 2.24 bits per heavy atom. The molecule has 0 radical (unpaired) electrons. The van der Waals surface area contributed by atoms with Gasteiger partial charge in [0, 0.05) is 17.7 Å². The Hall–Kier alpha value is -3.35. The number of hydrogen-bond acceptors (Lipinski definition) is 4. The fraction of sp³-hybridized carbons (Fsp3) is 0.318. The van der Waals surface area contributed by atoms with Gasteiger partial charge in [-0.2, -0.15) is 0 Å². The van der Waals surface area contributed by atoms with Crippen molar-refractivity contribution >= 4 is 23.4 Å². The number of hydrazine groups is 1. The van der Waals surface area contributed by atoms with Crippen LogP contribution in [0.3, 0.4) is 0 Å².